The van der Waals surface area contributed by atoms with E-state index in [1.807, 2.05) is 0 Å². The van der Waals surface area contributed by atoms with Crippen molar-refractivity contribution in [2.45, 2.75) is 25.7 Å². The van der Waals surface area contributed by atoms with E-state index in [1.54, 1.807) is 24.3 Å². The van der Waals surface area contributed by atoms with E-state index in [2.05, 4.69) is 10.6 Å². The minimum absolute atomic E-state index is 0.0409. The van der Waals surface area contributed by atoms with Crippen LogP contribution in [0.15, 0.2) is 36.4 Å². The van der Waals surface area contributed by atoms with Gasteiger partial charge in [0, 0.05) is 26.3 Å². The second-order valence-corrected chi connectivity index (χ2v) is 8.61. The molecule has 216 valence electrons. The molecule has 2 aromatic carbocycles. The maximum Gasteiger partial charge on any atom is 0.224 e. The van der Waals surface area contributed by atoms with Crippen LogP contribution < -0.4 is 20.1 Å². The first kappa shape index (κ1) is 31.7. The number of phenolic OH excluding ortho intramolecular Hbond substituents is 2. The number of benzene rings is 2. The van der Waals surface area contributed by atoms with Crippen molar-refractivity contribution in [2.75, 3.05) is 67.0 Å². The summed E-state index contributed by atoms with van der Waals surface area (Å²) in [5.41, 5.74) is 1.52. The number of carbonyl (C=O) groups excluding carboxylic acids is 2. The van der Waals surface area contributed by atoms with Gasteiger partial charge in [-0.25, -0.2) is 0 Å². The fraction of sp³-hybridized carbons (Fsp3) is 0.500. The molecule has 2 aromatic rings. The number of methoxy groups -OCH3 is 2. The second-order valence-electron chi connectivity index (χ2n) is 8.61. The van der Waals surface area contributed by atoms with E-state index in [9.17, 15) is 19.8 Å². The third-order valence-corrected chi connectivity index (χ3v) is 5.54. The first-order valence-corrected chi connectivity index (χ1v) is 12.9. The number of carbonyl (C=O) groups is 2. The van der Waals surface area contributed by atoms with Crippen molar-refractivity contribution < 1.29 is 43.5 Å². The van der Waals surface area contributed by atoms with Crippen LogP contribution in [0.4, 0.5) is 0 Å². The Labute approximate surface area is 229 Å². The Morgan fingerprint density at radius 2 is 1.03 bits per heavy atom. The maximum atomic E-state index is 12.0. The summed E-state index contributed by atoms with van der Waals surface area (Å²) in [6.45, 7) is 3.87. The predicted octanol–water partition coefficient (Wildman–Crippen LogP) is 1.96. The Morgan fingerprint density at radius 1 is 0.641 bits per heavy atom. The lowest BCUT2D eigenvalue weighted by atomic mass is 10.1. The third kappa shape index (κ3) is 13.2. The van der Waals surface area contributed by atoms with E-state index in [0.29, 0.717) is 77.1 Å². The molecule has 0 aromatic heterocycles. The molecular formula is C28H40N2O9. The quantitative estimate of drug-likeness (QED) is 0.183. The lowest BCUT2D eigenvalue weighted by Gasteiger charge is -2.09. The highest BCUT2D eigenvalue weighted by Crippen LogP contribution is 2.27. The van der Waals surface area contributed by atoms with E-state index < -0.39 is 0 Å². The molecule has 39 heavy (non-hydrogen) atoms. The average molecular weight is 549 g/mol. The van der Waals surface area contributed by atoms with Crippen LogP contribution in [0.5, 0.6) is 23.0 Å². The molecule has 0 unspecified atom stereocenters. The molecule has 2 amide bonds. The smallest absolute Gasteiger partial charge is 0.224 e. The van der Waals surface area contributed by atoms with Crippen LogP contribution in [0, 0.1) is 0 Å². The number of amides is 2. The predicted molar refractivity (Wildman–Crippen MR) is 144 cm³/mol. The minimum atomic E-state index is -0.108. The van der Waals surface area contributed by atoms with Crippen LogP contribution in [-0.4, -0.2) is 89.0 Å². The van der Waals surface area contributed by atoms with E-state index in [-0.39, 0.29) is 36.2 Å². The summed E-state index contributed by atoms with van der Waals surface area (Å²) in [6.07, 6.45) is 1.79. The summed E-state index contributed by atoms with van der Waals surface area (Å²) in [5.74, 6) is 0.549. The zero-order valence-electron chi connectivity index (χ0n) is 22.7. The van der Waals surface area contributed by atoms with Gasteiger partial charge in [0.2, 0.25) is 11.8 Å². The molecule has 11 nitrogen and oxygen atoms in total. The van der Waals surface area contributed by atoms with E-state index in [1.165, 1.54) is 26.4 Å². The van der Waals surface area contributed by atoms with E-state index in [0.717, 1.165) is 11.1 Å². The third-order valence-electron chi connectivity index (χ3n) is 5.54. The maximum absolute atomic E-state index is 12.0. The average Bonchev–Trinajstić information content (AvgIpc) is 2.92. The van der Waals surface area contributed by atoms with Gasteiger partial charge in [-0.3, -0.25) is 9.59 Å². The summed E-state index contributed by atoms with van der Waals surface area (Å²) in [6, 6.07) is 9.67. The Hall–Kier alpha value is -3.54. The molecule has 0 spiro atoms. The minimum Gasteiger partial charge on any atom is -0.504 e. The molecule has 2 rings (SSSR count). The summed E-state index contributed by atoms with van der Waals surface area (Å²) in [5, 5.41) is 24.9. The van der Waals surface area contributed by atoms with Gasteiger partial charge in [0.05, 0.1) is 53.5 Å². The zero-order chi connectivity index (χ0) is 28.3. The SMILES string of the molecule is COc1cc(CC(=O)NCCCOCCOCCOCCCNC(=O)Cc2ccc(O)c(OC)c2)ccc1O. The van der Waals surface area contributed by atoms with Crippen molar-refractivity contribution in [3.8, 4) is 23.0 Å². The van der Waals surface area contributed by atoms with Crippen LogP contribution >= 0.6 is 0 Å². The number of aromatic hydroxyl groups is 2. The van der Waals surface area contributed by atoms with Gasteiger partial charge in [0.1, 0.15) is 0 Å². The molecule has 4 N–H and O–H groups in total. The van der Waals surface area contributed by atoms with Crippen molar-refractivity contribution in [3.05, 3.63) is 47.5 Å². The number of hydrogen-bond donors (Lipinski definition) is 4. The van der Waals surface area contributed by atoms with Crippen LogP contribution in [0.2, 0.25) is 0 Å². The van der Waals surface area contributed by atoms with Gasteiger partial charge in [-0.1, -0.05) is 12.1 Å². The molecule has 0 radical (unpaired) electrons. The zero-order valence-corrected chi connectivity index (χ0v) is 22.7. The first-order valence-electron chi connectivity index (χ1n) is 12.9. The van der Waals surface area contributed by atoms with Gasteiger partial charge in [0.25, 0.3) is 0 Å². The molecule has 0 heterocycles. The standard InChI is InChI=1S/C28H40N2O9/c1-35-25-17-21(5-7-23(25)31)19-27(33)29-9-3-11-37-13-15-39-16-14-38-12-4-10-30-28(34)20-22-6-8-24(32)26(18-22)36-2/h5-8,17-18,31-32H,3-4,9-16,19-20H2,1-2H3,(H,29,33)(H,30,34). The molecule has 0 fully saturated rings. The summed E-state index contributed by atoms with van der Waals surface area (Å²) >= 11 is 0. The lowest BCUT2D eigenvalue weighted by molar-refractivity contribution is -0.121. The summed E-state index contributed by atoms with van der Waals surface area (Å²) < 4.78 is 26.6. The number of nitrogens with one attached hydrogen (secondary N) is 2. The first-order chi connectivity index (χ1) is 18.9. The van der Waals surface area contributed by atoms with Gasteiger partial charge in [-0.05, 0) is 48.2 Å². The number of rotatable bonds is 20. The largest absolute Gasteiger partial charge is 0.504 e. The summed E-state index contributed by atoms with van der Waals surface area (Å²) in [7, 11) is 2.93. The molecular weight excluding hydrogens is 508 g/mol. The Kier molecular flexibility index (Phi) is 15.2. The van der Waals surface area contributed by atoms with Crippen molar-refractivity contribution in [1.82, 2.24) is 10.6 Å². The Morgan fingerprint density at radius 3 is 1.41 bits per heavy atom. The monoisotopic (exact) mass is 548 g/mol. The van der Waals surface area contributed by atoms with Gasteiger partial charge in [-0.2, -0.15) is 0 Å². The van der Waals surface area contributed by atoms with Crippen molar-refractivity contribution in [2.24, 2.45) is 0 Å². The Balaban J connectivity index is 1.36. The normalized spacial score (nSPS) is 10.7. The van der Waals surface area contributed by atoms with Crippen molar-refractivity contribution in [3.63, 3.8) is 0 Å². The van der Waals surface area contributed by atoms with Crippen LogP contribution in [0.1, 0.15) is 24.0 Å². The van der Waals surface area contributed by atoms with Gasteiger partial charge >= 0.3 is 0 Å². The molecule has 0 aliphatic heterocycles. The number of phenols is 2. The fourth-order valence-electron chi connectivity index (χ4n) is 3.51. The van der Waals surface area contributed by atoms with Gasteiger partial charge in [-0.15, -0.1) is 0 Å². The lowest BCUT2D eigenvalue weighted by Crippen LogP contribution is -2.27. The second kappa shape index (κ2) is 18.7. The van der Waals surface area contributed by atoms with Crippen molar-refractivity contribution in [1.29, 1.82) is 0 Å². The van der Waals surface area contributed by atoms with Gasteiger partial charge in [0.15, 0.2) is 23.0 Å². The Bertz CT molecular complexity index is 937. The van der Waals surface area contributed by atoms with E-state index >= 15 is 0 Å². The van der Waals surface area contributed by atoms with Crippen LogP contribution in [0.3, 0.4) is 0 Å². The molecule has 0 atom stereocenters. The number of ether oxygens (including phenoxy) is 5. The molecule has 0 saturated heterocycles. The highest BCUT2D eigenvalue weighted by Gasteiger charge is 2.08. The van der Waals surface area contributed by atoms with Crippen LogP contribution in [0.25, 0.3) is 0 Å². The number of hydrogen-bond acceptors (Lipinski definition) is 9. The van der Waals surface area contributed by atoms with Gasteiger partial charge < -0.3 is 44.5 Å². The molecule has 0 saturated carbocycles. The highest BCUT2D eigenvalue weighted by atomic mass is 16.5. The molecule has 0 aliphatic rings. The molecule has 11 heteroatoms. The van der Waals surface area contributed by atoms with Crippen molar-refractivity contribution >= 4 is 11.8 Å². The molecule has 0 aliphatic carbocycles. The van der Waals surface area contributed by atoms with Crippen LogP contribution in [-0.2, 0) is 36.6 Å². The topological polar surface area (TPSA) is 145 Å². The summed E-state index contributed by atoms with van der Waals surface area (Å²) in [4.78, 5) is 24.1. The van der Waals surface area contributed by atoms with E-state index in [4.69, 9.17) is 23.7 Å². The highest BCUT2D eigenvalue weighted by molar-refractivity contribution is 5.79. The fourth-order valence-corrected chi connectivity index (χ4v) is 3.51. The molecule has 0 bridgehead atoms.